The lowest BCUT2D eigenvalue weighted by Crippen LogP contribution is -2.11. The van der Waals surface area contributed by atoms with Crippen LogP contribution in [0, 0.1) is 5.92 Å². The molecular weight excluding hydrogens is 255 g/mol. The van der Waals surface area contributed by atoms with Crippen LogP contribution < -0.4 is 0 Å². The highest BCUT2D eigenvalue weighted by Gasteiger charge is 2.22. The van der Waals surface area contributed by atoms with Gasteiger partial charge < -0.3 is 0 Å². The molecule has 1 aliphatic rings. The molecule has 0 spiro atoms. The van der Waals surface area contributed by atoms with E-state index in [0.717, 1.165) is 18.4 Å². The van der Waals surface area contributed by atoms with E-state index in [9.17, 15) is 4.79 Å². The van der Waals surface area contributed by atoms with Crippen molar-refractivity contribution in [3.8, 4) is 0 Å². The van der Waals surface area contributed by atoms with Gasteiger partial charge >= 0.3 is 0 Å². The van der Waals surface area contributed by atoms with E-state index in [1.165, 1.54) is 12.8 Å². The van der Waals surface area contributed by atoms with E-state index in [1.807, 2.05) is 6.07 Å². The summed E-state index contributed by atoms with van der Waals surface area (Å²) < 4.78 is 0. The van der Waals surface area contributed by atoms with Crippen LogP contribution in [-0.4, -0.2) is 5.78 Å². The normalized spacial score (nSPS) is 16.4. The molecule has 17 heavy (non-hydrogen) atoms. The second-order valence-corrected chi connectivity index (χ2v) is 5.53. The first-order valence-electron chi connectivity index (χ1n) is 6.13. The summed E-state index contributed by atoms with van der Waals surface area (Å²) in [6.45, 7) is 0. The van der Waals surface area contributed by atoms with E-state index in [2.05, 4.69) is 0 Å². The van der Waals surface area contributed by atoms with Crippen LogP contribution in [0.1, 0.15) is 37.7 Å². The maximum atomic E-state index is 11.9. The predicted molar refractivity (Wildman–Crippen MR) is 71.7 cm³/mol. The van der Waals surface area contributed by atoms with E-state index in [1.54, 1.807) is 12.1 Å². The van der Waals surface area contributed by atoms with Crippen LogP contribution in [0.4, 0.5) is 0 Å². The van der Waals surface area contributed by atoms with Gasteiger partial charge in [-0.1, -0.05) is 36.0 Å². The maximum Gasteiger partial charge on any atom is 0.136 e. The lowest BCUT2D eigenvalue weighted by Gasteiger charge is -2.08. The second kappa shape index (κ2) is 5.88. The molecule has 0 aromatic heterocycles. The van der Waals surface area contributed by atoms with Crippen LogP contribution >= 0.6 is 23.2 Å². The van der Waals surface area contributed by atoms with E-state index in [0.29, 0.717) is 34.6 Å². The molecule has 0 amide bonds. The third-order valence-electron chi connectivity index (χ3n) is 3.46. The molecule has 1 aromatic rings. The number of ketones is 1. The smallest absolute Gasteiger partial charge is 0.136 e. The van der Waals surface area contributed by atoms with Gasteiger partial charge in [-0.15, -0.1) is 0 Å². The molecule has 0 radical (unpaired) electrons. The van der Waals surface area contributed by atoms with Crippen LogP contribution in [0.25, 0.3) is 0 Å². The number of Topliss-reactive ketones (excluding diaryl/α,β-unsaturated/α-hetero) is 1. The number of aryl methyl sites for hydroxylation is 1. The summed E-state index contributed by atoms with van der Waals surface area (Å²) in [7, 11) is 0. The highest BCUT2D eigenvalue weighted by atomic mass is 35.5. The summed E-state index contributed by atoms with van der Waals surface area (Å²) in [6, 6.07) is 5.41. The topological polar surface area (TPSA) is 17.1 Å². The van der Waals surface area contributed by atoms with Crippen molar-refractivity contribution in [1.29, 1.82) is 0 Å². The minimum absolute atomic E-state index is 0.299. The summed E-state index contributed by atoms with van der Waals surface area (Å²) >= 11 is 12.0. The predicted octanol–water partition coefficient (Wildman–Crippen LogP) is 4.69. The zero-order valence-electron chi connectivity index (χ0n) is 9.72. The molecule has 1 nitrogen and oxygen atoms in total. The van der Waals surface area contributed by atoms with E-state index >= 15 is 0 Å². The SMILES string of the molecule is O=C(CCc1cc(Cl)ccc1Cl)C1CCCC1. The van der Waals surface area contributed by atoms with Gasteiger partial charge in [0.1, 0.15) is 5.78 Å². The van der Waals surface area contributed by atoms with Gasteiger partial charge in [0.15, 0.2) is 0 Å². The summed E-state index contributed by atoms with van der Waals surface area (Å²) in [6.07, 6.45) is 5.84. The highest BCUT2D eigenvalue weighted by molar-refractivity contribution is 6.33. The van der Waals surface area contributed by atoms with Crippen LogP contribution in [0.2, 0.25) is 10.0 Å². The molecule has 2 rings (SSSR count). The maximum absolute atomic E-state index is 11.9. The van der Waals surface area contributed by atoms with Crippen molar-refractivity contribution in [2.45, 2.75) is 38.5 Å². The first-order chi connectivity index (χ1) is 8.16. The van der Waals surface area contributed by atoms with Crippen molar-refractivity contribution in [3.63, 3.8) is 0 Å². The Labute approximate surface area is 112 Å². The molecule has 0 atom stereocenters. The number of carbonyl (C=O) groups is 1. The Morgan fingerprint density at radius 3 is 2.65 bits per heavy atom. The highest BCUT2D eigenvalue weighted by Crippen LogP contribution is 2.28. The quantitative estimate of drug-likeness (QED) is 0.776. The standard InChI is InChI=1S/C14H16Cl2O/c15-12-6-7-13(16)11(9-12)5-8-14(17)10-3-1-2-4-10/h6-7,9-10H,1-5,8H2. The van der Waals surface area contributed by atoms with Crippen molar-refractivity contribution < 1.29 is 4.79 Å². The average molecular weight is 271 g/mol. The van der Waals surface area contributed by atoms with Gasteiger partial charge in [-0.3, -0.25) is 4.79 Å². The minimum atomic E-state index is 0.299. The van der Waals surface area contributed by atoms with E-state index in [-0.39, 0.29) is 0 Å². The largest absolute Gasteiger partial charge is 0.299 e. The number of hydrogen-bond donors (Lipinski definition) is 0. The summed E-state index contributed by atoms with van der Waals surface area (Å²) in [4.78, 5) is 11.9. The molecule has 1 aliphatic carbocycles. The molecule has 0 aliphatic heterocycles. The zero-order chi connectivity index (χ0) is 12.3. The number of carbonyl (C=O) groups excluding carboxylic acids is 1. The third kappa shape index (κ3) is 3.46. The summed E-state index contributed by atoms with van der Waals surface area (Å²) in [5.74, 6) is 0.687. The summed E-state index contributed by atoms with van der Waals surface area (Å²) in [5, 5.41) is 1.38. The molecule has 1 saturated carbocycles. The van der Waals surface area contributed by atoms with Crippen LogP contribution in [0.15, 0.2) is 18.2 Å². The van der Waals surface area contributed by atoms with Crippen molar-refractivity contribution in [1.82, 2.24) is 0 Å². The molecule has 0 heterocycles. The number of hydrogen-bond acceptors (Lipinski definition) is 1. The fourth-order valence-corrected chi connectivity index (χ4v) is 2.85. The monoisotopic (exact) mass is 270 g/mol. The molecule has 92 valence electrons. The Kier molecular flexibility index (Phi) is 4.47. The van der Waals surface area contributed by atoms with Crippen molar-refractivity contribution in [2.24, 2.45) is 5.92 Å². The van der Waals surface area contributed by atoms with Crippen molar-refractivity contribution in [3.05, 3.63) is 33.8 Å². The van der Waals surface area contributed by atoms with Crippen LogP contribution in [0.5, 0.6) is 0 Å². The first kappa shape index (κ1) is 12.9. The molecule has 1 fully saturated rings. The lowest BCUT2D eigenvalue weighted by atomic mass is 9.97. The summed E-state index contributed by atoms with van der Waals surface area (Å²) in [5.41, 5.74) is 0.977. The Bertz CT molecular complexity index is 409. The fourth-order valence-electron chi connectivity index (χ4n) is 2.44. The van der Waals surface area contributed by atoms with Crippen molar-refractivity contribution in [2.75, 3.05) is 0 Å². The Morgan fingerprint density at radius 2 is 1.94 bits per heavy atom. The Hall–Kier alpha value is -0.530. The van der Waals surface area contributed by atoms with Gasteiger partial charge in [-0.25, -0.2) is 0 Å². The Morgan fingerprint density at radius 1 is 1.24 bits per heavy atom. The molecular formula is C14H16Cl2O. The third-order valence-corrected chi connectivity index (χ3v) is 4.06. The molecule has 0 N–H and O–H groups in total. The fraction of sp³-hybridized carbons (Fsp3) is 0.500. The first-order valence-corrected chi connectivity index (χ1v) is 6.89. The number of halogens is 2. The van der Waals surface area contributed by atoms with Gasteiger partial charge in [-0.2, -0.15) is 0 Å². The number of benzene rings is 1. The average Bonchev–Trinajstić information content (AvgIpc) is 2.83. The van der Waals surface area contributed by atoms with Gasteiger partial charge in [0.05, 0.1) is 0 Å². The van der Waals surface area contributed by atoms with Gasteiger partial charge in [0.2, 0.25) is 0 Å². The van der Waals surface area contributed by atoms with Crippen molar-refractivity contribution >= 4 is 29.0 Å². The van der Waals surface area contributed by atoms with Crippen LogP contribution in [0.3, 0.4) is 0 Å². The second-order valence-electron chi connectivity index (χ2n) is 4.68. The minimum Gasteiger partial charge on any atom is -0.299 e. The molecule has 0 saturated heterocycles. The molecule has 3 heteroatoms. The lowest BCUT2D eigenvalue weighted by molar-refractivity contribution is -0.122. The number of rotatable bonds is 4. The van der Waals surface area contributed by atoms with Gasteiger partial charge in [0, 0.05) is 22.4 Å². The molecule has 0 bridgehead atoms. The molecule has 1 aromatic carbocycles. The van der Waals surface area contributed by atoms with Crippen LogP contribution in [-0.2, 0) is 11.2 Å². The van der Waals surface area contributed by atoms with E-state index in [4.69, 9.17) is 23.2 Å². The Balaban J connectivity index is 1.92. The van der Waals surface area contributed by atoms with Gasteiger partial charge in [-0.05, 0) is 43.0 Å². The van der Waals surface area contributed by atoms with Gasteiger partial charge in [0.25, 0.3) is 0 Å². The van der Waals surface area contributed by atoms with E-state index < -0.39 is 0 Å². The molecule has 0 unspecified atom stereocenters. The zero-order valence-corrected chi connectivity index (χ0v) is 11.2.